The zero-order valence-corrected chi connectivity index (χ0v) is 20.3. The fourth-order valence-corrected chi connectivity index (χ4v) is 5.07. The number of pyridine rings is 2. The Bertz CT molecular complexity index is 1430. The highest BCUT2D eigenvalue weighted by Crippen LogP contribution is 2.30. The van der Waals surface area contributed by atoms with Crippen LogP contribution in [0, 0.1) is 0 Å². The van der Waals surface area contributed by atoms with Gasteiger partial charge in [-0.2, -0.15) is 5.10 Å². The number of fused-ring (bicyclic) bond motifs is 1. The van der Waals surface area contributed by atoms with Crippen LogP contribution in [0.4, 0.5) is 20.3 Å². The van der Waals surface area contributed by atoms with Crippen LogP contribution in [0.1, 0.15) is 35.3 Å². The monoisotopic (exact) mass is 503 g/mol. The zero-order chi connectivity index (χ0) is 25.4. The van der Waals surface area contributed by atoms with Crippen molar-refractivity contribution in [2.75, 3.05) is 36.4 Å². The van der Waals surface area contributed by atoms with Gasteiger partial charge in [-0.05, 0) is 67.4 Å². The van der Waals surface area contributed by atoms with Crippen LogP contribution in [0.15, 0.2) is 55.0 Å². The van der Waals surface area contributed by atoms with Crippen molar-refractivity contribution < 1.29 is 13.6 Å². The number of likely N-dealkylation sites (tertiary alicyclic amines) is 1. The number of benzene rings is 1. The minimum absolute atomic E-state index is 0.180. The highest BCUT2D eigenvalue weighted by molar-refractivity contribution is 6.11. The number of carbonyl (C=O) groups is 1. The lowest BCUT2D eigenvalue weighted by Gasteiger charge is -2.17. The average Bonchev–Trinajstić information content (AvgIpc) is 3.64. The molecule has 2 aliphatic heterocycles. The van der Waals surface area contributed by atoms with Gasteiger partial charge in [0.1, 0.15) is 5.82 Å². The van der Waals surface area contributed by atoms with Gasteiger partial charge in [0, 0.05) is 42.9 Å². The van der Waals surface area contributed by atoms with Crippen LogP contribution in [-0.2, 0) is 6.54 Å². The number of nitrogens with zero attached hydrogens (tertiary/aromatic N) is 5. The number of hydrogen-bond donors (Lipinski definition) is 2. The van der Waals surface area contributed by atoms with Crippen molar-refractivity contribution in [3.8, 4) is 11.1 Å². The van der Waals surface area contributed by atoms with E-state index in [-0.39, 0.29) is 31.1 Å². The van der Waals surface area contributed by atoms with Gasteiger partial charge in [0.05, 0.1) is 23.9 Å². The first-order chi connectivity index (χ1) is 17.9. The molecular formula is C27H27F2N7O. The van der Waals surface area contributed by atoms with Crippen LogP contribution >= 0.6 is 0 Å². The van der Waals surface area contributed by atoms with E-state index in [9.17, 15) is 13.6 Å². The predicted octanol–water partition coefficient (Wildman–Crippen LogP) is 4.71. The molecule has 2 aliphatic rings. The number of H-pyrrole nitrogens is 1. The van der Waals surface area contributed by atoms with Crippen molar-refractivity contribution in [2.45, 2.75) is 31.7 Å². The van der Waals surface area contributed by atoms with Gasteiger partial charge in [0.2, 0.25) is 0 Å². The number of nitrogens with one attached hydrogen (secondary N) is 2. The van der Waals surface area contributed by atoms with Gasteiger partial charge >= 0.3 is 0 Å². The van der Waals surface area contributed by atoms with E-state index in [0.29, 0.717) is 16.9 Å². The summed E-state index contributed by atoms with van der Waals surface area (Å²) in [6.45, 7) is 3.04. The number of rotatable bonds is 6. The largest absolute Gasteiger partial charge is 0.350 e. The van der Waals surface area contributed by atoms with Gasteiger partial charge in [-0.1, -0.05) is 6.07 Å². The van der Waals surface area contributed by atoms with Crippen molar-refractivity contribution in [1.29, 1.82) is 0 Å². The average molecular weight is 504 g/mol. The van der Waals surface area contributed by atoms with Gasteiger partial charge < -0.3 is 10.2 Å². The van der Waals surface area contributed by atoms with E-state index in [4.69, 9.17) is 0 Å². The quantitative estimate of drug-likeness (QED) is 0.396. The second-order valence-electron chi connectivity index (χ2n) is 9.78. The van der Waals surface area contributed by atoms with E-state index >= 15 is 0 Å². The van der Waals surface area contributed by atoms with E-state index in [1.807, 2.05) is 30.6 Å². The molecule has 190 valence electrons. The SMILES string of the molecule is O=C(Nc1ccc(N2CCC(F)(F)C2)nc1)c1n[nH]c2ccc(-c3cncc(CN4CCCC4)c3)cc12. The fraction of sp³-hybridized carbons (Fsp3) is 0.333. The van der Waals surface area contributed by atoms with Crippen LogP contribution in [0.2, 0.25) is 0 Å². The lowest BCUT2D eigenvalue weighted by atomic mass is 10.0. The molecule has 0 radical (unpaired) electrons. The second kappa shape index (κ2) is 9.51. The van der Waals surface area contributed by atoms with Gasteiger partial charge in [0.15, 0.2) is 5.69 Å². The first-order valence-electron chi connectivity index (χ1n) is 12.5. The summed E-state index contributed by atoms with van der Waals surface area (Å²) in [5.41, 5.74) is 4.58. The number of aromatic amines is 1. The highest BCUT2D eigenvalue weighted by atomic mass is 19.3. The van der Waals surface area contributed by atoms with E-state index in [1.165, 1.54) is 24.6 Å². The van der Waals surface area contributed by atoms with Crippen molar-refractivity contribution in [1.82, 2.24) is 25.1 Å². The molecule has 0 atom stereocenters. The Hall–Kier alpha value is -3.92. The summed E-state index contributed by atoms with van der Waals surface area (Å²) in [4.78, 5) is 25.7. The molecule has 0 aliphatic carbocycles. The second-order valence-corrected chi connectivity index (χ2v) is 9.78. The summed E-state index contributed by atoms with van der Waals surface area (Å²) in [6, 6.07) is 11.3. The van der Waals surface area contributed by atoms with Gasteiger partial charge in [-0.3, -0.25) is 19.8 Å². The Morgan fingerprint density at radius 3 is 2.65 bits per heavy atom. The van der Waals surface area contributed by atoms with E-state index in [1.54, 1.807) is 17.0 Å². The Morgan fingerprint density at radius 2 is 1.89 bits per heavy atom. The molecule has 2 saturated heterocycles. The molecule has 6 rings (SSSR count). The number of amides is 1. The maximum atomic E-state index is 13.5. The molecule has 0 spiro atoms. The van der Waals surface area contributed by atoms with Crippen LogP contribution < -0.4 is 10.2 Å². The highest BCUT2D eigenvalue weighted by Gasteiger charge is 2.38. The lowest BCUT2D eigenvalue weighted by molar-refractivity contribution is 0.0256. The van der Waals surface area contributed by atoms with Crippen molar-refractivity contribution >= 4 is 28.3 Å². The number of aromatic nitrogens is 4. The molecule has 0 bridgehead atoms. The Kier molecular flexibility index (Phi) is 6.03. The molecule has 1 amide bonds. The Labute approximate surface area is 212 Å². The van der Waals surface area contributed by atoms with Crippen molar-refractivity contribution in [3.63, 3.8) is 0 Å². The molecule has 37 heavy (non-hydrogen) atoms. The number of carbonyl (C=O) groups excluding carboxylic acids is 1. The minimum Gasteiger partial charge on any atom is -0.350 e. The number of halogens is 2. The first-order valence-corrected chi connectivity index (χ1v) is 12.5. The summed E-state index contributed by atoms with van der Waals surface area (Å²) in [7, 11) is 0. The minimum atomic E-state index is -2.69. The zero-order valence-electron chi connectivity index (χ0n) is 20.3. The number of anilines is 2. The smallest absolute Gasteiger partial charge is 0.276 e. The fourth-order valence-electron chi connectivity index (χ4n) is 5.07. The standard InChI is InChI=1S/C27H27F2N7O/c28-27(29)7-10-36(17-27)24-6-4-21(15-31-24)32-26(37)25-22-12-19(3-5-23(22)33-34-25)20-11-18(13-30-14-20)16-35-8-1-2-9-35/h3-6,11-15H,1-2,7-10,16-17H2,(H,32,37)(H,33,34). The summed E-state index contributed by atoms with van der Waals surface area (Å²) in [5, 5.41) is 10.7. The molecule has 2 fully saturated rings. The normalized spacial score (nSPS) is 17.5. The van der Waals surface area contributed by atoms with Crippen LogP contribution in [0.5, 0.6) is 0 Å². The number of hydrogen-bond acceptors (Lipinski definition) is 6. The Morgan fingerprint density at radius 1 is 1.03 bits per heavy atom. The molecule has 2 N–H and O–H groups in total. The first kappa shape index (κ1) is 23.5. The molecule has 0 saturated carbocycles. The third-order valence-corrected chi connectivity index (χ3v) is 7.01. The van der Waals surface area contributed by atoms with Gasteiger partial charge in [-0.25, -0.2) is 13.8 Å². The van der Waals surface area contributed by atoms with Crippen molar-refractivity contribution in [3.05, 3.63) is 66.2 Å². The molecule has 5 heterocycles. The van der Waals surface area contributed by atoms with Crippen LogP contribution in [-0.4, -0.2) is 63.1 Å². The molecule has 8 nitrogen and oxygen atoms in total. The topological polar surface area (TPSA) is 90.0 Å². The van der Waals surface area contributed by atoms with Gasteiger partial charge in [-0.15, -0.1) is 0 Å². The third-order valence-electron chi connectivity index (χ3n) is 7.01. The van der Waals surface area contributed by atoms with Crippen molar-refractivity contribution in [2.24, 2.45) is 0 Å². The van der Waals surface area contributed by atoms with Gasteiger partial charge in [0.25, 0.3) is 11.8 Å². The molecule has 10 heteroatoms. The van der Waals surface area contributed by atoms with E-state index < -0.39 is 5.92 Å². The van der Waals surface area contributed by atoms with E-state index in [0.717, 1.165) is 36.3 Å². The van der Waals surface area contributed by atoms with Crippen LogP contribution in [0.3, 0.4) is 0 Å². The maximum Gasteiger partial charge on any atom is 0.276 e. The summed E-state index contributed by atoms with van der Waals surface area (Å²) in [5.74, 6) is -2.61. The summed E-state index contributed by atoms with van der Waals surface area (Å²) < 4.78 is 27.0. The lowest BCUT2D eigenvalue weighted by Crippen LogP contribution is -2.25. The Balaban J connectivity index is 1.19. The molecule has 3 aromatic heterocycles. The molecule has 1 aromatic carbocycles. The maximum absolute atomic E-state index is 13.5. The predicted molar refractivity (Wildman–Crippen MR) is 138 cm³/mol. The molecule has 0 unspecified atom stereocenters. The summed E-state index contributed by atoms with van der Waals surface area (Å²) in [6.07, 6.45) is 7.52. The number of alkyl halides is 2. The van der Waals surface area contributed by atoms with Crippen LogP contribution in [0.25, 0.3) is 22.0 Å². The van der Waals surface area contributed by atoms with E-state index in [2.05, 4.69) is 36.4 Å². The molecule has 4 aromatic rings. The summed E-state index contributed by atoms with van der Waals surface area (Å²) >= 11 is 0. The molecular weight excluding hydrogens is 476 g/mol. The third kappa shape index (κ3) is 5.01.